The second kappa shape index (κ2) is 5.17. The van der Waals surface area contributed by atoms with Gasteiger partial charge >= 0.3 is 0 Å². The highest BCUT2D eigenvalue weighted by Crippen LogP contribution is 2.18. The van der Waals surface area contributed by atoms with Gasteiger partial charge in [0.05, 0.1) is 5.69 Å². The lowest BCUT2D eigenvalue weighted by atomic mass is 10.2. The number of hydrogen-bond donors (Lipinski definition) is 1. The van der Waals surface area contributed by atoms with Crippen LogP contribution >= 0.6 is 0 Å². The molecule has 1 saturated carbocycles. The van der Waals surface area contributed by atoms with Crippen molar-refractivity contribution in [2.45, 2.75) is 32.4 Å². The minimum atomic E-state index is -0.319. The Morgan fingerprint density at radius 3 is 2.90 bits per heavy atom. The van der Waals surface area contributed by atoms with E-state index in [4.69, 9.17) is 0 Å². The molecule has 1 aliphatic rings. The van der Waals surface area contributed by atoms with E-state index in [0.717, 1.165) is 12.8 Å². The molecule has 1 aliphatic carbocycles. The Kier molecular flexibility index (Phi) is 3.36. The van der Waals surface area contributed by atoms with Crippen LogP contribution in [0.5, 0.6) is 0 Å². The Bertz CT molecular complexity index is 692. The quantitative estimate of drug-likeness (QED) is 0.926. The van der Waals surface area contributed by atoms with Gasteiger partial charge in [0, 0.05) is 24.3 Å². The van der Waals surface area contributed by atoms with E-state index in [0.29, 0.717) is 29.7 Å². The molecule has 0 amide bonds. The summed E-state index contributed by atoms with van der Waals surface area (Å²) in [6.45, 7) is 2.25. The van der Waals surface area contributed by atoms with Gasteiger partial charge in [0.25, 0.3) is 0 Å². The minimum Gasteiger partial charge on any atom is -0.308 e. The van der Waals surface area contributed by atoms with Crippen LogP contribution in [0.1, 0.15) is 24.2 Å². The molecule has 5 heteroatoms. The molecule has 0 saturated heterocycles. The van der Waals surface area contributed by atoms with Crippen molar-refractivity contribution in [3.63, 3.8) is 0 Å². The van der Waals surface area contributed by atoms with Crippen LogP contribution in [-0.2, 0) is 6.54 Å². The normalized spacial score (nSPS) is 14.5. The van der Waals surface area contributed by atoms with Crippen molar-refractivity contribution in [2.24, 2.45) is 0 Å². The molecular formula is C15H16FN3O. The molecule has 1 fully saturated rings. The fourth-order valence-corrected chi connectivity index (χ4v) is 2.10. The molecule has 0 spiro atoms. The molecule has 0 radical (unpaired) electrons. The maximum Gasteiger partial charge on any atom is 0.204 e. The molecule has 3 rings (SSSR count). The molecule has 0 aliphatic heterocycles. The minimum absolute atomic E-state index is 0.0803. The largest absolute Gasteiger partial charge is 0.308 e. The summed E-state index contributed by atoms with van der Waals surface area (Å²) in [6.07, 6.45) is 2.31. The highest BCUT2D eigenvalue weighted by atomic mass is 19.1. The van der Waals surface area contributed by atoms with Crippen LogP contribution in [-0.4, -0.2) is 15.8 Å². The third-order valence-corrected chi connectivity index (χ3v) is 3.37. The third-order valence-electron chi connectivity index (χ3n) is 3.37. The maximum atomic E-state index is 13.3. The topological polar surface area (TPSA) is 46.9 Å². The van der Waals surface area contributed by atoms with E-state index < -0.39 is 0 Å². The number of halogens is 1. The van der Waals surface area contributed by atoms with Crippen LogP contribution in [0.3, 0.4) is 0 Å². The van der Waals surface area contributed by atoms with Crippen LogP contribution in [0.4, 0.5) is 4.39 Å². The number of nitrogens with one attached hydrogen (secondary N) is 1. The summed E-state index contributed by atoms with van der Waals surface area (Å²) >= 11 is 0. The summed E-state index contributed by atoms with van der Waals surface area (Å²) in [5.74, 6) is -0.319. The van der Waals surface area contributed by atoms with Crippen LogP contribution in [0.25, 0.3) is 5.69 Å². The Hall–Kier alpha value is -2.01. The Morgan fingerprint density at radius 1 is 1.40 bits per heavy atom. The van der Waals surface area contributed by atoms with Crippen molar-refractivity contribution in [3.05, 3.63) is 57.8 Å². The highest BCUT2D eigenvalue weighted by Gasteiger charge is 2.21. The lowest BCUT2D eigenvalue weighted by Crippen LogP contribution is -2.25. The lowest BCUT2D eigenvalue weighted by Gasteiger charge is -2.11. The molecule has 1 N–H and O–H groups in total. The fourth-order valence-electron chi connectivity index (χ4n) is 2.10. The van der Waals surface area contributed by atoms with E-state index in [2.05, 4.69) is 10.4 Å². The SMILES string of the molecule is Cc1cc(=O)c(CNC2CC2)nn1-c1cccc(F)c1. The first kappa shape index (κ1) is 13.0. The van der Waals surface area contributed by atoms with Gasteiger partial charge in [-0.15, -0.1) is 0 Å². The first-order valence-electron chi connectivity index (χ1n) is 6.72. The summed E-state index contributed by atoms with van der Waals surface area (Å²) in [4.78, 5) is 11.9. The van der Waals surface area contributed by atoms with E-state index in [9.17, 15) is 9.18 Å². The number of aryl methyl sites for hydroxylation is 1. The maximum absolute atomic E-state index is 13.3. The smallest absolute Gasteiger partial charge is 0.204 e. The molecule has 20 heavy (non-hydrogen) atoms. The standard InChI is InChI=1S/C15H16FN3O/c1-10-7-15(20)14(9-17-12-5-6-12)18-19(10)13-4-2-3-11(16)8-13/h2-4,7-8,12,17H,5-6,9H2,1H3. The van der Waals surface area contributed by atoms with Crippen molar-refractivity contribution in [1.29, 1.82) is 0 Å². The molecule has 1 aromatic carbocycles. The molecule has 2 aromatic rings. The van der Waals surface area contributed by atoms with E-state index >= 15 is 0 Å². The highest BCUT2D eigenvalue weighted by molar-refractivity contribution is 5.33. The average molecular weight is 273 g/mol. The molecular weight excluding hydrogens is 257 g/mol. The van der Waals surface area contributed by atoms with Gasteiger partial charge in [-0.3, -0.25) is 4.79 Å². The van der Waals surface area contributed by atoms with Gasteiger partial charge in [-0.2, -0.15) is 5.10 Å². The summed E-state index contributed by atoms with van der Waals surface area (Å²) in [7, 11) is 0. The third kappa shape index (κ3) is 2.77. The molecule has 1 aromatic heterocycles. The Morgan fingerprint density at radius 2 is 2.20 bits per heavy atom. The first-order valence-corrected chi connectivity index (χ1v) is 6.72. The van der Waals surface area contributed by atoms with Gasteiger partial charge in [-0.25, -0.2) is 9.07 Å². The van der Waals surface area contributed by atoms with Crippen LogP contribution < -0.4 is 10.7 Å². The van der Waals surface area contributed by atoms with Crippen LogP contribution in [0.15, 0.2) is 35.1 Å². The van der Waals surface area contributed by atoms with Gasteiger partial charge < -0.3 is 5.32 Å². The summed E-state index contributed by atoms with van der Waals surface area (Å²) in [6, 6.07) is 8.25. The molecule has 0 atom stereocenters. The number of nitrogens with zero attached hydrogens (tertiary/aromatic N) is 2. The Balaban J connectivity index is 1.96. The summed E-state index contributed by atoms with van der Waals surface area (Å²) in [5.41, 5.74) is 1.70. The van der Waals surface area contributed by atoms with Crippen LogP contribution in [0.2, 0.25) is 0 Å². The zero-order chi connectivity index (χ0) is 14.1. The summed E-state index contributed by atoms with van der Waals surface area (Å²) in [5, 5.41) is 7.63. The van der Waals surface area contributed by atoms with Gasteiger partial charge in [-0.05, 0) is 38.0 Å². The van der Waals surface area contributed by atoms with Crippen molar-refractivity contribution in [3.8, 4) is 5.69 Å². The zero-order valence-corrected chi connectivity index (χ0v) is 11.3. The lowest BCUT2D eigenvalue weighted by molar-refractivity contribution is 0.619. The first-order chi connectivity index (χ1) is 9.63. The van der Waals surface area contributed by atoms with E-state index in [1.54, 1.807) is 29.8 Å². The second-order valence-corrected chi connectivity index (χ2v) is 5.14. The molecule has 0 unspecified atom stereocenters. The predicted octanol–water partition coefficient (Wildman–Crippen LogP) is 1.93. The summed E-state index contributed by atoms with van der Waals surface area (Å²) < 4.78 is 14.9. The Labute approximate surface area is 116 Å². The zero-order valence-electron chi connectivity index (χ0n) is 11.3. The molecule has 1 heterocycles. The predicted molar refractivity (Wildman–Crippen MR) is 74.4 cm³/mol. The van der Waals surface area contributed by atoms with Crippen molar-refractivity contribution < 1.29 is 4.39 Å². The van der Waals surface area contributed by atoms with E-state index in [-0.39, 0.29) is 11.2 Å². The monoisotopic (exact) mass is 273 g/mol. The number of rotatable bonds is 4. The van der Waals surface area contributed by atoms with E-state index in [1.165, 1.54) is 12.1 Å². The molecule has 104 valence electrons. The van der Waals surface area contributed by atoms with Gasteiger partial charge in [-0.1, -0.05) is 6.07 Å². The van der Waals surface area contributed by atoms with Crippen molar-refractivity contribution in [1.82, 2.24) is 15.1 Å². The number of aromatic nitrogens is 2. The molecule has 4 nitrogen and oxygen atoms in total. The molecule has 0 bridgehead atoms. The number of hydrogen-bond acceptors (Lipinski definition) is 3. The average Bonchev–Trinajstić information content (AvgIpc) is 3.22. The fraction of sp³-hybridized carbons (Fsp3) is 0.333. The second-order valence-electron chi connectivity index (χ2n) is 5.14. The number of benzene rings is 1. The van der Waals surface area contributed by atoms with Gasteiger partial charge in [0.15, 0.2) is 0 Å². The van der Waals surface area contributed by atoms with Gasteiger partial charge in [0.2, 0.25) is 5.43 Å². The van der Waals surface area contributed by atoms with Crippen LogP contribution in [0, 0.1) is 12.7 Å². The van der Waals surface area contributed by atoms with Crippen molar-refractivity contribution in [2.75, 3.05) is 0 Å². The van der Waals surface area contributed by atoms with Crippen molar-refractivity contribution >= 4 is 0 Å². The van der Waals surface area contributed by atoms with E-state index in [1.807, 2.05) is 0 Å². The van der Waals surface area contributed by atoms with Gasteiger partial charge in [0.1, 0.15) is 11.5 Å².